The van der Waals surface area contributed by atoms with E-state index in [1.54, 1.807) is 0 Å². The van der Waals surface area contributed by atoms with Crippen LogP contribution in [0.3, 0.4) is 0 Å². The van der Waals surface area contributed by atoms with E-state index in [-0.39, 0.29) is 29.8 Å². The largest absolute Gasteiger partial charge is 0.351 e. The summed E-state index contributed by atoms with van der Waals surface area (Å²) in [5, 5.41) is 9.25. The number of urea groups is 1. The fraction of sp³-hybridized carbons (Fsp3) is 0.533. The first-order valence-corrected chi connectivity index (χ1v) is 13.5. The highest BCUT2D eigenvalue weighted by molar-refractivity contribution is 5.95. The Morgan fingerprint density at radius 1 is 0.917 bits per heavy atom. The molecule has 1 atom stereocenters. The Bertz CT molecular complexity index is 955. The fourth-order valence-corrected chi connectivity index (χ4v) is 4.94. The van der Waals surface area contributed by atoms with Gasteiger partial charge >= 0.3 is 6.03 Å². The van der Waals surface area contributed by atoms with E-state index in [0.717, 1.165) is 55.7 Å². The summed E-state index contributed by atoms with van der Waals surface area (Å²) in [6.07, 6.45) is 3.26. The van der Waals surface area contributed by atoms with Gasteiger partial charge in [-0.1, -0.05) is 89.6 Å². The van der Waals surface area contributed by atoms with Crippen LogP contribution in [0.1, 0.15) is 88.8 Å². The molecule has 1 unspecified atom stereocenters. The predicted octanol–water partition coefficient (Wildman–Crippen LogP) is 6.00. The molecule has 0 spiro atoms. The fourth-order valence-electron chi connectivity index (χ4n) is 4.94. The third-order valence-corrected chi connectivity index (χ3v) is 6.99. The van der Waals surface area contributed by atoms with Crippen LogP contribution in [-0.2, 0) is 11.3 Å². The third kappa shape index (κ3) is 7.82. The van der Waals surface area contributed by atoms with Crippen LogP contribution in [-0.4, -0.2) is 42.0 Å². The number of nitrogens with one attached hydrogen (secondary N) is 3. The van der Waals surface area contributed by atoms with Gasteiger partial charge in [-0.3, -0.25) is 9.69 Å². The van der Waals surface area contributed by atoms with Crippen LogP contribution in [0, 0.1) is 0 Å². The standard InChI is InChI=1S/C30H44N4O2/c1-6-11-27(32-30(36)33-28-25(21(2)3)14-10-15-26(28)22(4)5)29(35)31-24-16-18-34(19-17-24)20-23-12-8-7-9-13-23/h7-10,12-15,21-22,24,27H,6,11,16-20H2,1-5H3,(H,31,35)(H2,32,33,36). The predicted molar refractivity (Wildman–Crippen MR) is 148 cm³/mol. The van der Waals surface area contributed by atoms with Crippen LogP contribution in [0.15, 0.2) is 48.5 Å². The molecule has 3 rings (SSSR count). The van der Waals surface area contributed by atoms with Crippen LogP contribution in [0.5, 0.6) is 0 Å². The van der Waals surface area contributed by atoms with E-state index in [9.17, 15) is 9.59 Å². The summed E-state index contributed by atoms with van der Waals surface area (Å²) in [4.78, 5) is 28.6. The zero-order valence-electron chi connectivity index (χ0n) is 22.6. The first-order chi connectivity index (χ1) is 17.3. The van der Waals surface area contributed by atoms with Gasteiger partial charge in [-0.05, 0) is 47.8 Å². The second-order valence-electron chi connectivity index (χ2n) is 10.6. The highest BCUT2D eigenvalue weighted by atomic mass is 16.2. The summed E-state index contributed by atoms with van der Waals surface area (Å²) in [5.74, 6) is 0.470. The molecular weight excluding hydrogens is 448 g/mol. The molecule has 6 nitrogen and oxygen atoms in total. The van der Waals surface area contributed by atoms with Gasteiger partial charge in [-0.15, -0.1) is 0 Å². The Kier molecular flexibility index (Phi) is 10.4. The second-order valence-corrected chi connectivity index (χ2v) is 10.6. The Balaban J connectivity index is 1.56. The Labute approximate surface area is 217 Å². The maximum absolute atomic E-state index is 13.1. The normalized spacial score (nSPS) is 15.6. The van der Waals surface area contributed by atoms with Gasteiger partial charge in [0.25, 0.3) is 0 Å². The Hall–Kier alpha value is -2.86. The molecule has 6 heteroatoms. The number of nitrogens with zero attached hydrogens (tertiary/aromatic N) is 1. The lowest BCUT2D eigenvalue weighted by atomic mass is 9.93. The highest BCUT2D eigenvalue weighted by Crippen LogP contribution is 2.32. The smallest absolute Gasteiger partial charge is 0.319 e. The molecule has 0 radical (unpaired) electrons. The number of amides is 3. The van der Waals surface area contributed by atoms with Crippen molar-refractivity contribution in [3.05, 3.63) is 65.2 Å². The second kappa shape index (κ2) is 13.4. The summed E-state index contributed by atoms with van der Waals surface area (Å²) in [7, 11) is 0. The van der Waals surface area contributed by atoms with Gasteiger partial charge in [0, 0.05) is 31.4 Å². The van der Waals surface area contributed by atoms with Crippen molar-refractivity contribution in [1.29, 1.82) is 0 Å². The molecule has 3 N–H and O–H groups in total. The van der Waals surface area contributed by atoms with Gasteiger partial charge in [0.2, 0.25) is 5.91 Å². The van der Waals surface area contributed by atoms with Crippen molar-refractivity contribution in [1.82, 2.24) is 15.5 Å². The first-order valence-electron chi connectivity index (χ1n) is 13.5. The average Bonchev–Trinajstić information content (AvgIpc) is 2.85. The lowest BCUT2D eigenvalue weighted by Gasteiger charge is -2.33. The monoisotopic (exact) mass is 492 g/mol. The zero-order chi connectivity index (χ0) is 26.1. The van der Waals surface area contributed by atoms with Crippen molar-refractivity contribution in [2.45, 2.75) is 90.8 Å². The molecule has 0 aromatic heterocycles. The maximum Gasteiger partial charge on any atom is 0.319 e. The van der Waals surface area contributed by atoms with Gasteiger partial charge in [0.1, 0.15) is 6.04 Å². The highest BCUT2D eigenvalue weighted by Gasteiger charge is 2.26. The molecule has 36 heavy (non-hydrogen) atoms. The first kappa shape index (κ1) is 27.7. The maximum atomic E-state index is 13.1. The van der Waals surface area contributed by atoms with Crippen LogP contribution < -0.4 is 16.0 Å². The molecule has 1 aliphatic rings. The number of rotatable bonds is 10. The van der Waals surface area contributed by atoms with E-state index in [1.807, 2.05) is 19.1 Å². The number of carbonyl (C=O) groups is 2. The van der Waals surface area contributed by atoms with E-state index >= 15 is 0 Å². The minimum atomic E-state index is -0.550. The summed E-state index contributed by atoms with van der Waals surface area (Å²) in [6, 6.07) is 15.9. The Morgan fingerprint density at radius 2 is 1.53 bits per heavy atom. The van der Waals surface area contributed by atoms with Gasteiger partial charge in [0.05, 0.1) is 0 Å². The van der Waals surface area contributed by atoms with Crippen molar-refractivity contribution in [3.8, 4) is 0 Å². The van der Waals surface area contributed by atoms with Crippen LogP contribution in [0.2, 0.25) is 0 Å². The quantitative estimate of drug-likeness (QED) is 0.381. The van der Waals surface area contributed by atoms with Crippen molar-refractivity contribution in [2.24, 2.45) is 0 Å². The van der Waals surface area contributed by atoms with E-state index in [1.165, 1.54) is 5.56 Å². The lowest BCUT2D eigenvalue weighted by molar-refractivity contribution is -0.124. The van der Waals surface area contributed by atoms with Gasteiger partial charge in [-0.2, -0.15) is 0 Å². The number of benzene rings is 2. The zero-order valence-corrected chi connectivity index (χ0v) is 22.6. The third-order valence-electron chi connectivity index (χ3n) is 6.99. The molecule has 196 valence electrons. The number of para-hydroxylation sites is 1. The van der Waals surface area contributed by atoms with Gasteiger partial charge in [-0.25, -0.2) is 4.79 Å². The van der Waals surface area contributed by atoms with E-state index < -0.39 is 6.04 Å². The molecular formula is C30H44N4O2. The average molecular weight is 493 g/mol. The number of carbonyl (C=O) groups excluding carboxylic acids is 2. The number of anilines is 1. The number of hydrogen-bond donors (Lipinski definition) is 3. The van der Waals surface area contributed by atoms with Crippen LogP contribution >= 0.6 is 0 Å². The van der Waals surface area contributed by atoms with Gasteiger partial charge in [0.15, 0.2) is 0 Å². The lowest BCUT2D eigenvalue weighted by Crippen LogP contribution is -2.52. The number of piperidine rings is 1. The topological polar surface area (TPSA) is 73.5 Å². The van der Waals surface area contributed by atoms with Gasteiger partial charge < -0.3 is 16.0 Å². The molecule has 1 fully saturated rings. The van der Waals surface area contributed by atoms with E-state index in [0.29, 0.717) is 6.42 Å². The van der Waals surface area contributed by atoms with Crippen LogP contribution in [0.4, 0.5) is 10.5 Å². The molecule has 0 aliphatic carbocycles. The van der Waals surface area contributed by atoms with Crippen molar-refractivity contribution < 1.29 is 9.59 Å². The van der Waals surface area contributed by atoms with Crippen LogP contribution in [0.25, 0.3) is 0 Å². The van der Waals surface area contributed by atoms with E-state index in [2.05, 4.69) is 84.9 Å². The molecule has 1 aliphatic heterocycles. The summed E-state index contributed by atoms with van der Waals surface area (Å²) < 4.78 is 0. The van der Waals surface area contributed by atoms with Crippen molar-refractivity contribution >= 4 is 17.6 Å². The SMILES string of the molecule is CCCC(NC(=O)Nc1c(C(C)C)cccc1C(C)C)C(=O)NC1CCN(Cc2ccccc2)CC1. The summed E-state index contributed by atoms with van der Waals surface area (Å²) in [6.45, 7) is 13.4. The molecule has 2 aromatic carbocycles. The Morgan fingerprint density at radius 3 is 2.08 bits per heavy atom. The molecule has 2 aromatic rings. The molecule has 1 saturated heterocycles. The minimum Gasteiger partial charge on any atom is -0.351 e. The molecule has 0 saturated carbocycles. The van der Waals surface area contributed by atoms with Crippen molar-refractivity contribution in [2.75, 3.05) is 18.4 Å². The molecule has 3 amide bonds. The minimum absolute atomic E-state index is 0.0882. The number of hydrogen-bond acceptors (Lipinski definition) is 3. The summed E-state index contributed by atoms with van der Waals surface area (Å²) in [5.41, 5.74) is 4.39. The summed E-state index contributed by atoms with van der Waals surface area (Å²) >= 11 is 0. The van der Waals surface area contributed by atoms with E-state index in [4.69, 9.17) is 0 Å². The number of likely N-dealkylation sites (tertiary alicyclic amines) is 1. The van der Waals surface area contributed by atoms with Crippen molar-refractivity contribution in [3.63, 3.8) is 0 Å². The molecule has 0 bridgehead atoms. The molecule has 1 heterocycles.